The number of amides is 2. The van der Waals surface area contributed by atoms with E-state index in [1.807, 2.05) is 13.8 Å². The van der Waals surface area contributed by atoms with Crippen LogP contribution < -0.4 is 16.8 Å². The zero-order valence-electron chi connectivity index (χ0n) is 9.56. The molecule has 1 fully saturated rings. The quantitative estimate of drug-likeness (QED) is 0.467. The van der Waals surface area contributed by atoms with E-state index in [2.05, 4.69) is 5.32 Å². The summed E-state index contributed by atoms with van der Waals surface area (Å²) in [7, 11) is 0. The van der Waals surface area contributed by atoms with Gasteiger partial charge in [-0.2, -0.15) is 0 Å². The van der Waals surface area contributed by atoms with Crippen molar-refractivity contribution in [2.24, 2.45) is 16.9 Å². The molecule has 0 radical (unpaired) electrons. The Morgan fingerprint density at radius 3 is 2.50 bits per heavy atom. The van der Waals surface area contributed by atoms with Crippen molar-refractivity contribution in [1.29, 1.82) is 0 Å². The zero-order chi connectivity index (χ0) is 12.5. The van der Waals surface area contributed by atoms with Gasteiger partial charge in [0, 0.05) is 11.5 Å². The fraction of sp³-hybridized carbons (Fsp3) is 0.800. The molecule has 3 unspecified atom stereocenters. The largest absolute Gasteiger partial charge is 0.392 e. The Balaban J connectivity index is 2.44. The minimum Gasteiger partial charge on any atom is -0.392 e. The second kappa shape index (κ2) is 4.39. The van der Waals surface area contributed by atoms with E-state index in [1.165, 1.54) is 0 Å². The van der Waals surface area contributed by atoms with Crippen LogP contribution in [0.1, 0.15) is 26.7 Å². The molecule has 16 heavy (non-hydrogen) atoms. The molecule has 3 atom stereocenters. The zero-order valence-corrected chi connectivity index (χ0v) is 9.56. The van der Waals surface area contributed by atoms with E-state index >= 15 is 0 Å². The summed E-state index contributed by atoms with van der Waals surface area (Å²) >= 11 is 0. The minimum absolute atomic E-state index is 0.103. The number of hydrogen-bond acceptors (Lipinski definition) is 4. The van der Waals surface area contributed by atoms with Gasteiger partial charge in [-0.05, 0) is 6.42 Å². The predicted octanol–water partition coefficient (Wildman–Crippen LogP) is -1.54. The van der Waals surface area contributed by atoms with Crippen molar-refractivity contribution in [3.8, 4) is 0 Å². The van der Waals surface area contributed by atoms with E-state index in [4.69, 9.17) is 11.5 Å². The van der Waals surface area contributed by atoms with Crippen molar-refractivity contribution in [1.82, 2.24) is 5.32 Å². The Hall–Kier alpha value is -1.14. The summed E-state index contributed by atoms with van der Waals surface area (Å²) in [4.78, 5) is 22.1. The van der Waals surface area contributed by atoms with Gasteiger partial charge in [0.2, 0.25) is 11.8 Å². The maximum atomic E-state index is 11.6. The fourth-order valence-corrected chi connectivity index (χ4v) is 1.74. The Labute approximate surface area is 94.4 Å². The first-order valence-corrected chi connectivity index (χ1v) is 5.27. The molecular formula is C10H19N3O3. The van der Waals surface area contributed by atoms with Crippen LogP contribution in [0.5, 0.6) is 0 Å². The molecule has 6 nitrogen and oxygen atoms in total. The molecule has 0 spiro atoms. The number of primary amides is 1. The van der Waals surface area contributed by atoms with Gasteiger partial charge in [0.15, 0.2) is 0 Å². The minimum atomic E-state index is -0.911. The van der Waals surface area contributed by atoms with Gasteiger partial charge >= 0.3 is 0 Å². The third kappa shape index (κ3) is 2.51. The highest BCUT2D eigenvalue weighted by Gasteiger charge is 2.48. The van der Waals surface area contributed by atoms with E-state index in [-0.39, 0.29) is 17.9 Å². The van der Waals surface area contributed by atoms with Gasteiger partial charge in [-0.15, -0.1) is 0 Å². The topological polar surface area (TPSA) is 118 Å². The molecule has 2 amide bonds. The van der Waals surface area contributed by atoms with Gasteiger partial charge in [-0.3, -0.25) is 9.59 Å². The number of nitrogens with one attached hydrogen (secondary N) is 1. The standard InChI is InChI=1S/C10H19N3O3/c1-10(2)6(4-7(10)14)13-9(16)5(11)3-8(12)15/h5-7,14H,3-4,11H2,1-2H3,(H2,12,15)(H,13,16). The summed E-state index contributed by atoms with van der Waals surface area (Å²) in [5, 5.41) is 12.2. The maximum Gasteiger partial charge on any atom is 0.237 e. The predicted molar refractivity (Wildman–Crippen MR) is 58.1 cm³/mol. The van der Waals surface area contributed by atoms with Gasteiger partial charge in [0.1, 0.15) is 0 Å². The van der Waals surface area contributed by atoms with Crippen LogP contribution in [0.15, 0.2) is 0 Å². The van der Waals surface area contributed by atoms with E-state index < -0.39 is 24.0 Å². The average molecular weight is 229 g/mol. The lowest BCUT2D eigenvalue weighted by Crippen LogP contribution is -2.63. The number of nitrogens with two attached hydrogens (primary N) is 2. The van der Waals surface area contributed by atoms with Gasteiger partial charge in [-0.1, -0.05) is 13.8 Å². The van der Waals surface area contributed by atoms with Crippen LogP contribution in [0.3, 0.4) is 0 Å². The molecule has 6 N–H and O–H groups in total. The molecule has 0 saturated heterocycles. The van der Waals surface area contributed by atoms with Gasteiger partial charge < -0.3 is 21.9 Å². The molecule has 0 aromatic rings. The molecular weight excluding hydrogens is 210 g/mol. The van der Waals surface area contributed by atoms with Gasteiger partial charge in [0.25, 0.3) is 0 Å². The highest BCUT2D eigenvalue weighted by Crippen LogP contribution is 2.40. The Kier molecular flexibility index (Phi) is 3.54. The monoisotopic (exact) mass is 229 g/mol. The molecule has 92 valence electrons. The number of aliphatic hydroxyl groups is 1. The van der Waals surface area contributed by atoms with Crippen LogP contribution in [0.4, 0.5) is 0 Å². The summed E-state index contributed by atoms with van der Waals surface area (Å²) in [6, 6.07) is -1.01. The van der Waals surface area contributed by atoms with Crippen LogP contribution in [-0.4, -0.2) is 35.1 Å². The van der Waals surface area contributed by atoms with Crippen molar-refractivity contribution in [2.75, 3.05) is 0 Å². The third-order valence-electron chi connectivity index (χ3n) is 3.29. The smallest absolute Gasteiger partial charge is 0.237 e. The fourth-order valence-electron chi connectivity index (χ4n) is 1.74. The first-order chi connectivity index (χ1) is 7.25. The van der Waals surface area contributed by atoms with E-state index in [9.17, 15) is 14.7 Å². The molecule has 0 aromatic heterocycles. The summed E-state index contributed by atoms with van der Waals surface area (Å²) in [6.45, 7) is 3.73. The van der Waals surface area contributed by atoms with Crippen molar-refractivity contribution < 1.29 is 14.7 Å². The van der Waals surface area contributed by atoms with Crippen molar-refractivity contribution >= 4 is 11.8 Å². The molecule has 0 heterocycles. The normalized spacial score (nSPS) is 29.0. The summed E-state index contributed by atoms with van der Waals surface area (Å²) < 4.78 is 0. The van der Waals surface area contributed by atoms with Crippen molar-refractivity contribution in [2.45, 2.75) is 44.9 Å². The Morgan fingerprint density at radius 1 is 1.56 bits per heavy atom. The Bertz CT molecular complexity index is 304. The average Bonchev–Trinajstić information content (AvgIpc) is 2.16. The number of aliphatic hydroxyl groups excluding tert-OH is 1. The van der Waals surface area contributed by atoms with E-state index in [0.29, 0.717) is 6.42 Å². The van der Waals surface area contributed by atoms with E-state index in [0.717, 1.165) is 0 Å². The number of rotatable bonds is 4. The first kappa shape index (κ1) is 12.9. The maximum absolute atomic E-state index is 11.6. The van der Waals surface area contributed by atoms with Gasteiger partial charge in [0.05, 0.1) is 18.6 Å². The second-order valence-electron chi connectivity index (χ2n) is 4.91. The molecule has 1 aliphatic rings. The second-order valence-corrected chi connectivity index (χ2v) is 4.91. The highest BCUT2D eigenvalue weighted by molar-refractivity contribution is 5.87. The van der Waals surface area contributed by atoms with Crippen molar-refractivity contribution in [3.05, 3.63) is 0 Å². The Morgan fingerprint density at radius 2 is 2.12 bits per heavy atom. The molecule has 0 bridgehead atoms. The lowest BCUT2D eigenvalue weighted by atomic mass is 9.64. The first-order valence-electron chi connectivity index (χ1n) is 5.27. The molecule has 1 saturated carbocycles. The third-order valence-corrected chi connectivity index (χ3v) is 3.29. The van der Waals surface area contributed by atoms with Crippen LogP contribution in [-0.2, 0) is 9.59 Å². The summed E-state index contributed by atoms with van der Waals surface area (Å²) in [5.41, 5.74) is 10.1. The van der Waals surface area contributed by atoms with Crippen LogP contribution in [0, 0.1) is 5.41 Å². The summed E-state index contributed by atoms with van der Waals surface area (Å²) in [5.74, 6) is -1.00. The van der Waals surface area contributed by atoms with Crippen LogP contribution >= 0.6 is 0 Å². The SMILES string of the molecule is CC1(C)C(O)CC1NC(=O)C(N)CC(N)=O. The number of carbonyl (C=O) groups excluding carboxylic acids is 2. The summed E-state index contributed by atoms with van der Waals surface area (Å²) in [6.07, 6.45) is -0.0611. The molecule has 0 aliphatic heterocycles. The lowest BCUT2D eigenvalue weighted by molar-refractivity contribution is -0.132. The number of hydrogen-bond donors (Lipinski definition) is 4. The van der Waals surface area contributed by atoms with Crippen molar-refractivity contribution in [3.63, 3.8) is 0 Å². The number of carbonyl (C=O) groups is 2. The molecule has 1 aliphatic carbocycles. The molecule has 1 rings (SSSR count). The van der Waals surface area contributed by atoms with Gasteiger partial charge in [-0.25, -0.2) is 0 Å². The lowest BCUT2D eigenvalue weighted by Gasteiger charge is -2.49. The highest BCUT2D eigenvalue weighted by atomic mass is 16.3. The molecule has 0 aromatic carbocycles. The van der Waals surface area contributed by atoms with Crippen LogP contribution in [0.25, 0.3) is 0 Å². The van der Waals surface area contributed by atoms with Crippen LogP contribution in [0.2, 0.25) is 0 Å². The molecule has 6 heteroatoms. The van der Waals surface area contributed by atoms with E-state index in [1.54, 1.807) is 0 Å².